The normalized spacial score (nSPS) is 10.1. The lowest BCUT2D eigenvalue weighted by molar-refractivity contribution is -0.384. The Hall–Kier alpha value is -3.29. The number of halogens is 1. The Morgan fingerprint density at radius 2 is 1.80 bits per heavy atom. The van der Waals surface area contributed by atoms with Crippen molar-refractivity contribution in [3.63, 3.8) is 0 Å². The summed E-state index contributed by atoms with van der Waals surface area (Å²) in [5.74, 6) is -1.56. The van der Waals surface area contributed by atoms with Crippen LogP contribution in [0.5, 0.6) is 0 Å². The first-order valence-corrected chi connectivity index (χ1v) is 7.50. The van der Waals surface area contributed by atoms with Gasteiger partial charge in [0.25, 0.3) is 5.69 Å². The van der Waals surface area contributed by atoms with Crippen molar-refractivity contribution in [1.82, 2.24) is 5.32 Å². The third kappa shape index (κ3) is 5.69. The summed E-state index contributed by atoms with van der Waals surface area (Å²) in [7, 11) is 0. The standard InChI is InChI=1S/C17H16FN3O4/c18-14-7-6-13(21(24)25)11-15(14)20-16(22)8-9-19-17(23)10-12-4-2-1-3-5-12/h1-7,11H,8-10H2,(H,19,23)(H,20,22). The number of nitrogens with one attached hydrogen (secondary N) is 2. The quantitative estimate of drug-likeness (QED) is 0.594. The molecule has 2 rings (SSSR count). The lowest BCUT2D eigenvalue weighted by atomic mass is 10.1. The maximum Gasteiger partial charge on any atom is 0.271 e. The average molecular weight is 345 g/mol. The molecule has 0 saturated carbocycles. The summed E-state index contributed by atoms with van der Waals surface area (Å²) in [6.07, 6.45) is 0.116. The number of nitrogens with zero attached hydrogens (tertiary/aromatic N) is 1. The highest BCUT2D eigenvalue weighted by Crippen LogP contribution is 2.21. The SMILES string of the molecule is O=C(Cc1ccccc1)NCCC(=O)Nc1cc([N+](=O)[O-])ccc1F. The van der Waals surface area contributed by atoms with Crippen LogP contribution in [0.3, 0.4) is 0 Å². The van der Waals surface area contributed by atoms with Crippen molar-refractivity contribution in [3.05, 3.63) is 70.0 Å². The monoisotopic (exact) mass is 345 g/mol. The molecule has 0 unspecified atom stereocenters. The van der Waals surface area contributed by atoms with Crippen molar-refractivity contribution in [2.75, 3.05) is 11.9 Å². The number of non-ortho nitro benzene ring substituents is 1. The molecular weight excluding hydrogens is 329 g/mol. The lowest BCUT2D eigenvalue weighted by Gasteiger charge is -2.08. The fourth-order valence-corrected chi connectivity index (χ4v) is 2.09. The van der Waals surface area contributed by atoms with Gasteiger partial charge in [-0.25, -0.2) is 4.39 Å². The van der Waals surface area contributed by atoms with Crippen LogP contribution >= 0.6 is 0 Å². The van der Waals surface area contributed by atoms with Crippen LogP contribution in [-0.2, 0) is 16.0 Å². The molecular formula is C17H16FN3O4. The Balaban J connectivity index is 1.80. The van der Waals surface area contributed by atoms with E-state index in [1.54, 1.807) is 0 Å². The summed E-state index contributed by atoms with van der Waals surface area (Å²) in [5, 5.41) is 15.5. The molecule has 7 nitrogen and oxygen atoms in total. The van der Waals surface area contributed by atoms with E-state index in [4.69, 9.17) is 0 Å². The first-order valence-electron chi connectivity index (χ1n) is 7.50. The first-order chi connectivity index (χ1) is 12.0. The van der Waals surface area contributed by atoms with E-state index < -0.39 is 16.6 Å². The molecule has 0 atom stereocenters. The van der Waals surface area contributed by atoms with Gasteiger partial charge < -0.3 is 10.6 Å². The molecule has 0 fully saturated rings. The highest BCUT2D eigenvalue weighted by atomic mass is 19.1. The fourth-order valence-electron chi connectivity index (χ4n) is 2.09. The number of carbonyl (C=O) groups is 2. The molecule has 2 amide bonds. The predicted octanol–water partition coefficient (Wildman–Crippen LogP) is 2.42. The van der Waals surface area contributed by atoms with Crippen molar-refractivity contribution in [2.45, 2.75) is 12.8 Å². The van der Waals surface area contributed by atoms with E-state index in [0.717, 1.165) is 23.8 Å². The molecule has 0 aromatic heterocycles. The number of hydrogen-bond donors (Lipinski definition) is 2. The van der Waals surface area contributed by atoms with Gasteiger partial charge in [0.1, 0.15) is 5.82 Å². The molecule has 0 aliphatic rings. The van der Waals surface area contributed by atoms with Crippen LogP contribution in [0.15, 0.2) is 48.5 Å². The zero-order valence-corrected chi connectivity index (χ0v) is 13.2. The molecule has 0 saturated heterocycles. The molecule has 8 heteroatoms. The Bertz CT molecular complexity index is 781. The maximum atomic E-state index is 13.6. The van der Waals surface area contributed by atoms with Gasteiger partial charge in [0, 0.05) is 25.1 Å². The van der Waals surface area contributed by atoms with Crippen molar-refractivity contribution >= 4 is 23.2 Å². The van der Waals surface area contributed by atoms with Crippen LogP contribution in [0.25, 0.3) is 0 Å². The smallest absolute Gasteiger partial charge is 0.271 e. The first kappa shape index (κ1) is 18.1. The van der Waals surface area contributed by atoms with Crippen molar-refractivity contribution in [2.24, 2.45) is 0 Å². The van der Waals surface area contributed by atoms with Gasteiger partial charge in [0.2, 0.25) is 11.8 Å². The molecule has 2 aromatic carbocycles. The van der Waals surface area contributed by atoms with Crippen LogP contribution < -0.4 is 10.6 Å². The van der Waals surface area contributed by atoms with Gasteiger partial charge in [-0.15, -0.1) is 0 Å². The Kier molecular flexibility index (Phi) is 6.16. The zero-order chi connectivity index (χ0) is 18.2. The second-order valence-electron chi connectivity index (χ2n) is 5.23. The molecule has 0 aliphatic carbocycles. The summed E-state index contributed by atoms with van der Waals surface area (Å²) < 4.78 is 13.6. The average Bonchev–Trinajstić information content (AvgIpc) is 2.57. The lowest BCUT2D eigenvalue weighted by Crippen LogP contribution is -2.29. The van der Waals surface area contributed by atoms with E-state index in [2.05, 4.69) is 10.6 Å². The molecule has 130 valence electrons. The largest absolute Gasteiger partial charge is 0.355 e. The Morgan fingerprint density at radius 3 is 2.48 bits per heavy atom. The van der Waals surface area contributed by atoms with Crippen molar-refractivity contribution in [3.8, 4) is 0 Å². The number of nitro groups is 1. The van der Waals surface area contributed by atoms with Crippen LogP contribution in [-0.4, -0.2) is 23.3 Å². The van der Waals surface area contributed by atoms with Crippen LogP contribution in [0.2, 0.25) is 0 Å². The van der Waals surface area contributed by atoms with Gasteiger partial charge in [-0.3, -0.25) is 19.7 Å². The molecule has 2 N–H and O–H groups in total. The second kappa shape index (κ2) is 8.53. The number of carbonyl (C=O) groups excluding carboxylic acids is 2. The fraction of sp³-hybridized carbons (Fsp3) is 0.176. The number of hydrogen-bond acceptors (Lipinski definition) is 4. The summed E-state index contributed by atoms with van der Waals surface area (Å²) in [6, 6.07) is 12.0. The molecule has 0 bridgehead atoms. The highest BCUT2D eigenvalue weighted by Gasteiger charge is 2.13. The minimum absolute atomic E-state index is 0.0774. The van der Waals surface area contributed by atoms with Crippen LogP contribution in [0, 0.1) is 15.9 Å². The summed E-state index contributed by atoms with van der Waals surface area (Å²) in [5.41, 5.74) is 0.255. The highest BCUT2D eigenvalue weighted by molar-refractivity contribution is 5.91. The van der Waals surface area contributed by atoms with Gasteiger partial charge in [0.05, 0.1) is 17.0 Å². The molecule has 2 aromatic rings. The third-order valence-corrected chi connectivity index (χ3v) is 3.32. The number of anilines is 1. The van der Waals surface area contributed by atoms with E-state index in [1.165, 1.54) is 0 Å². The minimum atomic E-state index is -0.771. The van der Waals surface area contributed by atoms with Gasteiger partial charge in [-0.2, -0.15) is 0 Å². The van der Waals surface area contributed by atoms with Gasteiger partial charge >= 0.3 is 0 Å². The molecule has 0 aliphatic heterocycles. The van der Waals surface area contributed by atoms with E-state index in [1.807, 2.05) is 30.3 Å². The summed E-state index contributed by atoms with van der Waals surface area (Å²) in [4.78, 5) is 33.5. The van der Waals surface area contributed by atoms with Crippen LogP contribution in [0.1, 0.15) is 12.0 Å². The van der Waals surface area contributed by atoms with E-state index in [9.17, 15) is 24.1 Å². The topological polar surface area (TPSA) is 101 Å². The molecule has 0 heterocycles. The number of benzene rings is 2. The van der Waals surface area contributed by atoms with Gasteiger partial charge in [0.15, 0.2) is 0 Å². The number of rotatable bonds is 7. The minimum Gasteiger partial charge on any atom is -0.355 e. The van der Waals surface area contributed by atoms with Crippen LogP contribution in [0.4, 0.5) is 15.8 Å². The maximum absolute atomic E-state index is 13.6. The van der Waals surface area contributed by atoms with Gasteiger partial charge in [-0.1, -0.05) is 30.3 Å². The zero-order valence-electron chi connectivity index (χ0n) is 13.2. The summed E-state index contributed by atoms with van der Waals surface area (Å²) >= 11 is 0. The third-order valence-electron chi connectivity index (χ3n) is 3.32. The second-order valence-corrected chi connectivity index (χ2v) is 5.23. The summed E-state index contributed by atoms with van der Waals surface area (Å²) in [6.45, 7) is 0.0774. The molecule has 25 heavy (non-hydrogen) atoms. The number of nitro benzene ring substituents is 1. The van der Waals surface area contributed by atoms with E-state index >= 15 is 0 Å². The van der Waals surface area contributed by atoms with E-state index in [-0.39, 0.29) is 36.7 Å². The Morgan fingerprint density at radius 1 is 1.08 bits per heavy atom. The van der Waals surface area contributed by atoms with Gasteiger partial charge in [-0.05, 0) is 11.6 Å². The van der Waals surface area contributed by atoms with Crippen molar-refractivity contribution < 1.29 is 18.9 Å². The molecule has 0 spiro atoms. The van der Waals surface area contributed by atoms with E-state index in [0.29, 0.717) is 0 Å². The number of amides is 2. The Labute approximate surface area is 143 Å². The molecule has 0 radical (unpaired) electrons. The predicted molar refractivity (Wildman–Crippen MR) is 89.5 cm³/mol. The van der Waals surface area contributed by atoms with Crippen molar-refractivity contribution in [1.29, 1.82) is 0 Å².